The van der Waals surface area contributed by atoms with Crippen molar-refractivity contribution in [1.29, 1.82) is 0 Å². The smallest absolute Gasteiger partial charge is 0.313 e. The molecule has 0 amide bonds. The van der Waals surface area contributed by atoms with Crippen LogP contribution >= 0.6 is 0 Å². The number of esters is 1. The number of Topliss-reactive ketones (excluding diaryl/α,β-unsaturated/α-hetero) is 1. The molecule has 0 radical (unpaired) electrons. The molecule has 1 rings (SSSR count). The third-order valence-corrected chi connectivity index (χ3v) is 12.8. The van der Waals surface area contributed by atoms with E-state index < -0.39 is 14.0 Å². The number of carbonyl (C=O) groups excluding carboxylic acids is 2. The minimum absolute atomic E-state index is 0.197. The van der Waals surface area contributed by atoms with E-state index in [4.69, 9.17) is 4.74 Å². The summed E-state index contributed by atoms with van der Waals surface area (Å²) in [5, 5.41) is 3.94. The summed E-state index contributed by atoms with van der Waals surface area (Å²) in [6, 6.07) is 8.83. The van der Waals surface area contributed by atoms with E-state index in [2.05, 4.69) is 39.2 Å². The Labute approximate surface area is 204 Å². The fraction of sp³-hybridized carbons (Fsp3) is 0.714. The largest absolute Gasteiger partial charge is 0.466 e. The van der Waals surface area contributed by atoms with Crippen molar-refractivity contribution in [1.82, 2.24) is 0 Å². The van der Waals surface area contributed by atoms with Gasteiger partial charge in [0.15, 0.2) is 5.78 Å². The van der Waals surface area contributed by atoms with Gasteiger partial charge in [0.1, 0.15) is 6.42 Å². The zero-order valence-corrected chi connectivity index (χ0v) is 23.2. The minimum atomic E-state index is -1.08. The van der Waals surface area contributed by atoms with Gasteiger partial charge in [0.2, 0.25) is 0 Å². The van der Waals surface area contributed by atoms with Gasteiger partial charge in [-0.15, -0.1) is 0 Å². The molecule has 0 atom stereocenters. The van der Waals surface area contributed by atoms with E-state index in [0.717, 1.165) is 18.7 Å². The van der Waals surface area contributed by atoms with Gasteiger partial charge < -0.3 is 10.1 Å². The number of carbonyl (C=O) groups is 2. The van der Waals surface area contributed by atoms with Crippen molar-refractivity contribution in [2.75, 3.05) is 18.5 Å². The van der Waals surface area contributed by atoms with Gasteiger partial charge in [-0.3, -0.25) is 9.59 Å². The van der Waals surface area contributed by atoms with Crippen molar-refractivity contribution in [3.63, 3.8) is 0 Å². The average molecular weight is 476 g/mol. The lowest BCUT2D eigenvalue weighted by atomic mass is 10.1. The number of unbranched alkanes of at least 4 members (excludes halogenated alkanes) is 8. The van der Waals surface area contributed by atoms with Gasteiger partial charge in [-0.25, -0.2) is 0 Å². The molecule has 0 unspecified atom stereocenters. The zero-order chi connectivity index (χ0) is 24.7. The quantitative estimate of drug-likeness (QED) is 0.0810. The SMILES string of the molecule is CCOC(=O)CC(=O)c1ccc(NCCCCCCCCCCC[Si](C)(C)C(C)(C)C)cc1. The van der Waals surface area contributed by atoms with Crippen molar-refractivity contribution >= 4 is 25.5 Å². The molecule has 0 aliphatic carbocycles. The molecule has 0 fully saturated rings. The van der Waals surface area contributed by atoms with Crippen molar-refractivity contribution in [3.05, 3.63) is 29.8 Å². The van der Waals surface area contributed by atoms with Gasteiger partial charge in [-0.1, -0.05) is 91.3 Å². The molecule has 1 aromatic rings. The van der Waals surface area contributed by atoms with Crippen LogP contribution in [-0.2, 0) is 9.53 Å². The number of ketones is 1. The molecule has 0 saturated carbocycles. The van der Waals surface area contributed by atoms with Crippen molar-refractivity contribution < 1.29 is 14.3 Å². The highest BCUT2D eigenvalue weighted by molar-refractivity contribution is 6.80. The predicted octanol–water partition coefficient (Wildman–Crippen LogP) is 8.25. The van der Waals surface area contributed by atoms with E-state index in [-0.39, 0.29) is 12.2 Å². The number of benzene rings is 1. The Morgan fingerprint density at radius 2 is 1.36 bits per heavy atom. The fourth-order valence-corrected chi connectivity index (χ4v) is 5.64. The lowest BCUT2D eigenvalue weighted by Gasteiger charge is -2.37. The van der Waals surface area contributed by atoms with Gasteiger partial charge >= 0.3 is 5.97 Å². The molecule has 0 heterocycles. The first kappa shape index (κ1) is 29.4. The molecule has 188 valence electrons. The molecule has 1 N–H and O–H groups in total. The first-order valence-electron chi connectivity index (χ1n) is 13.1. The lowest BCUT2D eigenvalue weighted by molar-refractivity contribution is -0.141. The number of ether oxygens (including phenoxy) is 1. The summed E-state index contributed by atoms with van der Waals surface area (Å²) in [5.74, 6) is -0.665. The van der Waals surface area contributed by atoms with E-state index in [9.17, 15) is 9.59 Å². The van der Waals surface area contributed by atoms with E-state index in [0.29, 0.717) is 17.2 Å². The molecule has 0 aliphatic rings. The highest BCUT2D eigenvalue weighted by Crippen LogP contribution is 2.39. The normalized spacial score (nSPS) is 11.9. The van der Waals surface area contributed by atoms with Gasteiger partial charge in [-0.2, -0.15) is 0 Å². The molecule has 5 heteroatoms. The summed E-state index contributed by atoms with van der Waals surface area (Å²) < 4.78 is 4.83. The van der Waals surface area contributed by atoms with Crippen LogP contribution in [0.25, 0.3) is 0 Å². The van der Waals surface area contributed by atoms with E-state index in [1.54, 1.807) is 19.1 Å². The molecular weight excluding hydrogens is 426 g/mol. The third kappa shape index (κ3) is 12.4. The summed E-state index contributed by atoms with van der Waals surface area (Å²) in [6.07, 6.45) is 11.9. The first-order chi connectivity index (χ1) is 15.6. The molecule has 0 bridgehead atoms. The molecule has 33 heavy (non-hydrogen) atoms. The van der Waals surface area contributed by atoms with Crippen molar-refractivity contribution in [2.45, 2.75) is 116 Å². The maximum atomic E-state index is 12.1. The van der Waals surface area contributed by atoms with E-state index >= 15 is 0 Å². The Hall–Kier alpha value is -1.62. The van der Waals surface area contributed by atoms with Gasteiger partial charge in [-0.05, 0) is 42.6 Å². The Bertz CT molecular complexity index is 692. The summed E-state index contributed by atoms with van der Waals surface area (Å²) in [5.41, 5.74) is 1.56. The van der Waals surface area contributed by atoms with Gasteiger partial charge in [0, 0.05) is 17.8 Å². The number of hydrogen-bond donors (Lipinski definition) is 1. The number of hydrogen-bond acceptors (Lipinski definition) is 4. The summed E-state index contributed by atoms with van der Waals surface area (Å²) in [6.45, 7) is 15.3. The van der Waals surface area contributed by atoms with E-state index in [1.165, 1.54) is 57.4 Å². The second kappa shape index (κ2) is 15.3. The molecule has 1 aromatic carbocycles. The van der Waals surface area contributed by atoms with E-state index in [1.807, 2.05) is 12.1 Å². The average Bonchev–Trinajstić information content (AvgIpc) is 2.74. The standard InChI is InChI=1S/C28H49NO3Si/c1-7-32-27(31)23-26(30)24-17-19-25(20-18-24)29-21-15-13-11-9-8-10-12-14-16-22-33(5,6)28(2,3)4/h17-20,29H,7-16,21-23H2,1-6H3. The number of anilines is 1. The Morgan fingerprint density at radius 3 is 1.88 bits per heavy atom. The minimum Gasteiger partial charge on any atom is -0.466 e. The zero-order valence-electron chi connectivity index (χ0n) is 22.2. The second-order valence-electron chi connectivity index (χ2n) is 11.0. The van der Waals surface area contributed by atoms with Crippen LogP contribution in [0.15, 0.2) is 24.3 Å². The fourth-order valence-electron chi connectivity index (χ4n) is 3.76. The van der Waals surface area contributed by atoms with Crippen LogP contribution in [0.5, 0.6) is 0 Å². The molecule has 0 aliphatic heterocycles. The predicted molar refractivity (Wildman–Crippen MR) is 144 cm³/mol. The Balaban J connectivity index is 2.03. The van der Waals surface area contributed by atoms with Crippen LogP contribution in [0.1, 0.15) is 102 Å². The highest BCUT2D eigenvalue weighted by atomic mass is 28.3. The Morgan fingerprint density at radius 1 is 0.848 bits per heavy atom. The summed E-state index contributed by atoms with van der Waals surface area (Å²) in [7, 11) is -1.08. The second-order valence-corrected chi connectivity index (χ2v) is 16.7. The van der Waals surface area contributed by atoms with Crippen molar-refractivity contribution in [2.24, 2.45) is 0 Å². The highest BCUT2D eigenvalue weighted by Gasteiger charge is 2.33. The molecule has 0 saturated heterocycles. The van der Waals surface area contributed by atoms with Crippen LogP contribution < -0.4 is 5.32 Å². The summed E-state index contributed by atoms with van der Waals surface area (Å²) in [4.78, 5) is 23.5. The molecule has 0 spiro atoms. The van der Waals surface area contributed by atoms with Crippen LogP contribution in [0.2, 0.25) is 24.2 Å². The number of nitrogens with one attached hydrogen (secondary N) is 1. The number of rotatable bonds is 17. The summed E-state index contributed by atoms with van der Waals surface area (Å²) >= 11 is 0. The Kier molecular flexibility index (Phi) is 13.6. The van der Waals surface area contributed by atoms with Crippen molar-refractivity contribution in [3.8, 4) is 0 Å². The molecule has 0 aromatic heterocycles. The van der Waals surface area contributed by atoms with Crippen LogP contribution in [0, 0.1) is 0 Å². The lowest BCUT2D eigenvalue weighted by Crippen LogP contribution is -2.36. The first-order valence-corrected chi connectivity index (χ1v) is 16.3. The van der Waals surface area contributed by atoms with Crippen LogP contribution in [0.3, 0.4) is 0 Å². The maximum absolute atomic E-state index is 12.1. The maximum Gasteiger partial charge on any atom is 0.313 e. The third-order valence-electron chi connectivity index (χ3n) is 7.16. The van der Waals surface area contributed by atoms with Gasteiger partial charge in [0.05, 0.1) is 14.7 Å². The molecular formula is C28H49NO3Si. The topological polar surface area (TPSA) is 55.4 Å². The van der Waals surface area contributed by atoms with Gasteiger partial charge in [0.25, 0.3) is 0 Å². The monoisotopic (exact) mass is 475 g/mol. The molecule has 4 nitrogen and oxygen atoms in total. The van der Waals surface area contributed by atoms with Crippen LogP contribution in [-0.4, -0.2) is 33.0 Å². The van der Waals surface area contributed by atoms with Crippen LogP contribution in [0.4, 0.5) is 5.69 Å².